The van der Waals surface area contributed by atoms with Gasteiger partial charge in [-0.05, 0) is 12.1 Å². The lowest BCUT2D eigenvalue weighted by Crippen LogP contribution is -2.15. The molecule has 0 aliphatic heterocycles. The molecule has 1 N–H and O–H groups in total. The average molecular weight is 272 g/mol. The van der Waals surface area contributed by atoms with E-state index < -0.39 is 0 Å². The van der Waals surface area contributed by atoms with E-state index in [9.17, 15) is 5.26 Å². The number of aryl methyl sites for hydroxylation is 1. The molecule has 4 heteroatoms. The lowest BCUT2D eigenvalue weighted by atomic mass is 10.1. The van der Waals surface area contributed by atoms with E-state index in [1.54, 1.807) is 0 Å². The van der Waals surface area contributed by atoms with Crippen LogP contribution in [0.4, 0.5) is 0 Å². The third-order valence-electron chi connectivity index (χ3n) is 4.02. The van der Waals surface area contributed by atoms with E-state index in [4.69, 9.17) is 5.41 Å². The van der Waals surface area contributed by atoms with Crippen molar-refractivity contribution in [2.75, 3.05) is 0 Å². The lowest BCUT2D eigenvalue weighted by molar-refractivity contribution is 0.962. The van der Waals surface area contributed by atoms with Crippen LogP contribution in [0.15, 0.2) is 48.5 Å². The maximum Gasteiger partial charge on any atom is 0.139 e. The highest BCUT2D eigenvalue weighted by Crippen LogP contribution is 2.25. The van der Waals surface area contributed by atoms with Crippen LogP contribution in [0.2, 0.25) is 0 Å². The van der Waals surface area contributed by atoms with Crippen LogP contribution in [0, 0.1) is 16.7 Å². The normalized spacial score (nSPS) is 11.2. The van der Waals surface area contributed by atoms with E-state index >= 15 is 0 Å². The van der Waals surface area contributed by atoms with Crippen molar-refractivity contribution in [1.82, 2.24) is 8.97 Å². The van der Waals surface area contributed by atoms with Gasteiger partial charge in [0.15, 0.2) is 0 Å². The van der Waals surface area contributed by atoms with Gasteiger partial charge in [0.05, 0.1) is 11.0 Å². The number of hydrogen-bond acceptors (Lipinski definition) is 2. The van der Waals surface area contributed by atoms with Crippen LogP contribution in [0.25, 0.3) is 27.5 Å². The Balaban J connectivity index is 2.50. The first-order valence-electron chi connectivity index (χ1n) is 6.69. The van der Waals surface area contributed by atoms with Crippen molar-refractivity contribution in [2.45, 2.75) is 0 Å². The Hall–Kier alpha value is -3.06. The zero-order valence-electron chi connectivity index (χ0n) is 11.5. The van der Waals surface area contributed by atoms with E-state index in [0.29, 0.717) is 11.1 Å². The van der Waals surface area contributed by atoms with Gasteiger partial charge >= 0.3 is 0 Å². The van der Waals surface area contributed by atoms with Crippen molar-refractivity contribution >= 4 is 27.5 Å². The third kappa shape index (κ3) is 1.35. The van der Waals surface area contributed by atoms with Crippen LogP contribution >= 0.6 is 0 Å². The fourth-order valence-corrected chi connectivity index (χ4v) is 3.08. The summed E-state index contributed by atoms with van der Waals surface area (Å²) in [5, 5.41) is 19.8. The van der Waals surface area contributed by atoms with E-state index in [2.05, 4.69) is 6.07 Å². The van der Waals surface area contributed by atoms with Gasteiger partial charge in [-0.3, -0.25) is 9.81 Å². The zero-order chi connectivity index (χ0) is 14.6. The molecule has 2 aromatic heterocycles. The molecular formula is C17H12N4. The summed E-state index contributed by atoms with van der Waals surface area (Å²) in [4.78, 5) is 0. The van der Waals surface area contributed by atoms with Crippen molar-refractivity contribution in [3.8, 4) is 6.07 Å². The highest BCUT2D eigenvalue weighted by molar-refractivity contribution is 5.95. The van der Waals surface area contributed by atoms with Crippen molar-refractivity contribution in [3.63, 3.8) is 0 Å². The van der Waals surface area contributed by atoms with E-state index in [-0.39, 0.29) is 0 Å². The van der Waals surface area contributed by atoms with Crippen molar-refractivity contribution in [3.05, 3.63) is 59.6 Å². The van der Waals surface area contributed by atoms with Crippen molar-refractivity contribution in [1.29, 1.82) is 10.7 Å². The fraction of sp³-hybridized carbons (Fsp3) is 0.0588. The Bertz CT molecular complexity index is 1120. The van der Waals surface area contributed by atoms with Gasteiger partial charge in [0.1, 0.15) is 22.8 Å². The Labute approximate surface area is 120 Å². The van der Waals surface area contributed by atoms with Crippen LogP contribution in [-0.2, 0) is 7.05 Å². The van der Waals surface area contributed by atoms with Crippen LogP contribution in [0.5, 0.6) is 0 Å². The summed E-state index contributed by atoms with van der Waals surface area (Å²) in [6, 6.07) is 17.8. The molecule has 0 fully saturated rings. The molecule has 4 aromatic rings. The van der Waals surface area contributed by atoms with Crippen LogP contribution in [0.1, 0.15) is 5.56 Å². The number of benzene rings is 2. The summed E-state index contributed by atoms with van der Waals surface area (Å²) in [7, 11) is 1.94. The number of rotatable bonds is 0. The Morgan fingerprint density at radius 2 is 1.57 bits per heavy atom. The Morgan fingerprint density at radius 3 is 2.29 bits per heavy atom. The molecule has 4 nitrogen and oxygen atoms in total. The highest BCUT2D eigenvalue weighted by Gasteiger charge is 2.15. The monoisotopic (exact) mass is 272 g/mol. The summed E-state index contributed by atoms with van der Waals surface area (Å²) in [6.07, 6.45) is 0. The summed E-state index contributed by atoms with van der Waals surface area (Å²) in [6.45, 7) is 0. The molecule has 2 aromatic carbocycles. The van der Waals surface area contributed by atoms with Gasteiger partial charge in [-0.15, -0.1) is 0 Å². The fourth-order valence-electron chi connectivity index (χ4n) is 3.08. The summed E-state index contributed by atoms with van der Waals surface area (Å²) in [5.74, 6) is 0. The number of fused-ring (bicyclic) bond motifs is 4. The van der Waals surface area contributed by atoms with Gasteiger partial charge in [-0.2, -0.15) is 5.26 Å². The predicted molar refractivity (Wildman–Crippen MR) is 81.9 cm³/mol. The molecule has 0 amide bonds. The maximum atomic E-state index is 9.64. The minimum Gasteiger partial charge on any atom is -0.328 e. The molecular weight excluding hydrogens is 260 g/mol. The summed E-state index contributed by atoms with van der Waals surface area (Å²) in [5.41, 5.74) is 3.75. The standard InChI is InChI=1S/C17H12N4/c1-20-14-8-4-5-9-15(14)21-16(19)12-7-3-2-6-11(12)13(10-18)17(20)21/h2-9,19H,1H3. The lowest BCUT2D eigenvalue weighted by Gasteiger charge is -2.06. The molecule has 21 heavy (non-hydrogen) atoms. The molecule has 0 aliphatic rings. The molecule has 0 saturated carbocycles. The number of pyridine rings is 1. The average Bonchev–Trinajstić information content (AvgIpc) is 2.82. The first-order chi connectivity index (χ1) is 10.2. The van der Waals surface area contributed by atoms with Gasteiger partial charge in [-0.1, -0.05) is 36.4 Å². The number of nitriles is 1. The van der Waals surface area contributed by atoms with Crippen molar-refractivity contribution < 1.29 is 0 Å². The minimum absolute atomic E-state index is 0.413. The molecule has 0 bridgehead atoms. The maximum absolute atomic E-state index is 9.64. The minimum atomic E-state index is 0.413. The second-order valence-electron chi connectivity index (χ2n) is 5.09. The molecule has 2 heterocycles. The first-order valence-corrected chi connectivity index (χ1v) is 6.69. The van der Waals surface area contributed by atoms with Gasteiger partial charge in [-0.25, -0.2) is 0 Å². The van der Waals surface area contributed by atoms with Gasteiger partial charge in [0.2, 0.25) is 0 Å². The SMILES string of the molecule is Cn1c2ccccc2n2c(=N)c3ccccc3c(C#N)c12. The molecule has 0 radical (unpaired) electrons. The zero-order valence-corrected chi connectivity index (χ0v) is 11.5. The molecule has 0 spiro atoms. The topological polar surface area (TPSA) is 57.0 Å². The van der Waals surface area contributed by atoms with E-state index in [0.717, 1.165) is 27.5 Å². The number of hydrogen-bond donors (Lipinski definition) is 1. The third-order valence-corrected chi connectivity index (χ3v) is 4.02. The van der Waals surface area contributed by atoms with Gasteiger partial charge in [0.25, 0.3) is 0 Å². The van der Waals surface area contributed by atoms with Crippen LogP contribution in [0.3, 0.4) is 0 Å². The second-order valence-corrected chi connectivity index (χ2v) is 5.09. The highest BCUT2D eigenvalue weighted by atomic mass is 15.1. The Morgan fingerprint density at radius 1 is 0.952 bits per heavy atom. The van der Waals surface area contributed by atoms with Crippen molar-refractivity contribution in [2.24, 2.45) is 7.05 Å². The molecule has 0 saturated heterocycles. The molecule has 4 rings (SSSR count). The molecule has 100 valence electrons. The van der Waals surface area contributed by atoms with Gasteiger partial charge < -0.3 is 4.57 Å². The first kappa shape index (κ1) is 11.7. The largest absolute Gasteiger partial charge is 0.328 e. The molecule has 0 aliphatic carbocycles. The van der Waals surface area contributed by atoms with Crippen LogP contribution in [-0.4, -0.2) is 8.97 Å². The molecule has 0 unspecified atom stereocenters. The smallest absolute Gasteiger partial charge is 0.139 e. The van der Waals surface area contributed by atoms with Gasteiger partial charge in [0, 0.05) is 17.8 Å². The number of aromatic nitrogens is 2. The summed E-state index contributed by atoms with van der Waals surface area (Å²) >= 11 is 0. The quantitative estimate of drug-likeness (QED) is 0.525. The summed E-state index contributed by atoms with van der Waals surface area (Å²) < 4.78 is 3.84. The molecule has 0 atom stereocenters. The second kappa shape index (κ2) is 3.97. The number of nitrogens with zero attached hydrogens (tertiary/aromatic N) is 3. The number of nitrogens with one attached hydrogen (secondary N) is 1. The van der Waals surface area contributed by atoms with E-state index in [1.807, 2.05) is 64.5 Å². The number of para-hydroxylation sites is 2. The predicted octanol–water partition coefficient (Wildman–Crippen LogP) is 2.94. The number of imidazole rings is 1. The Kier molecular flexibility index (Phi) is 2.22. The van der Waals surface area contributed by atoms with E-state index in [1.165, 1.54) is 0 Å². The van der Waals surface area contributed by atoms with Crippen LogP contribution < -0.4 is 5.49 Å².